The maximum Gasteiger partial charge on any atom is 0.269 e. The molecule has 0 radical (unpaired) electrons. The van der Waals surface area contributed by atoms with Crippen LogP contribution in [0, 0.1) is 0 Å². The molecule has 4 aromatic carbocycles. The van der Waals surface area contributed by atoms with Crippen molar-refractivity contribution in [3.8, 4) is 0 Å². The number of amides is 1. The van der Waals surface area contributed by atoms with Crippen LogP contribution in [0.1, 0.15) is 12.5 Å². The number of carbonyl (C=O) groups excluding carboxylic acids is 1. The van der Waals surface area contributed by atoms with Crippen molar-refractivity contribution in [2.75, 3.05) is 11.4 Å². The van der Waals surface area contributed by atoms with E-state index in [0.717, 1.165) is 38.8 Å². The van der Waals surface area contributed by atoms with Gasteiger partial charge in [-0.25, -0.2) is 4.99 Å². The van der Waals surface area contributed by atoms with E-state index in [4.69, 9.17) is 4.99 Å². The molecule has 6 rings (SSSR count). The van der Waals surface area contributed by atoms with Crippen LogP contribution in [0.3, 0.4) is 0 Å². The Hall–Kier alpha value is -3.48. The number of aliphatic imine (C=N–C) groups is 1. The molecule has 1 saturated heterocycles. The summed E-state index contributed by atoms with van der Waals surface area (Å²) in [7, 11) is 0. The van der Waals surface area contributed by atoms with E-state index in [1.54, 1.807) is 11.8 Å². The average Bonchev–Trinajstić information content (AvgIpc) is 3.42. The molecule has 0 spiro atoms. The van der Waals surface area contributed by atoms with Crippen molar-refractivity contribution in [1.29, 1.82) is 0 Å². The monoisotopic (exact) mass is 493 g/mol. The molecule has 4 aromatic rings. The third-order valence-corrected chi connectivity index (χ3v) is 8.50. The fourth-order valence-electron chi connectivity index (χ4n) is 4.40. The van der Waals surface area contributed by atoms with Gasteiger partial charge in [-0.2, -0.15) is 0 Å². The summed E-state index contributed by atoms with van der Waals surface area (Å²) in [5.74, 6) is 0.00662. The number of anilines is 1. The lowest BCUT2D eigenvalue weighted by Crippen LogP contribution is -2.29. The molecule has 172 valence electrons. The van der Waals surface area contributed by atoms with Gasteiger partial charge in [-0.3, -0.25) is 9.69 Å². The molecule has 0 unspecified atom stereocenters. The maximum atomic E-state index is 13.8. The number of amidine groups is 1. The fraction of sp³-hybridized carbons (Fsp3) is 0.103. The number of carbonyl (C=O) groups is 1. The van der Waals surface area contributed by atoms with Crippen LogP contribution in [-0.4, -0.2) is 22.5 Å². The van der Waals surface area contributed by atoms with Crippen LogP contribution in [0.2, 0.25) is 0 Å². The minimum Gasteiger partial charge on any atom is -0.334 e. The second-order valence-electron chi connectivity index (χ2n) is 8.35. The lowest BCUT2D eigenvalue weighted by molar-refractivity contribution is -0.122. The summed E-state index contributed by atoms with van der Waals surface area (Å²) >= 11 is 3.15. The predicted octanol–water partition coefficient (Wildman–Crippen LogP) is 7.40. The third kappa shape index (κ3) is 4.13. The summed E-state index contributed by atoms with van der Waals surface area (Å²) in [5.41, 5.74) is 3.08. The third-order valence-electron chi connectivity index (χ3n) is 6.12. The van der Waals surface area contributed by atoms with Gasteiger partial charge < -0.3 is 4.90 Å². The van der Waals surface area contributed by atoms with E-state index in [0.29, 0.717) is 11.7 Å². The normalized spacial score (nSPS) is 18.7. The smallest absolute Gasteiger partial charge is 0.269 e. The Kier molecular flexibility index (Phi) is 5.84. The van der Waals surface area contributed by atoms with Gasteiger partial charge in [0.15, 0.2) is 5.17 Å². The molecule has 1 fully saturated rings. The van der Waals surface area contributed by atoms with E-state index in [-0.39, 0.29) is 5.91 Å². The van der Waals surface area contributed by atoms with Gasteiger partial charge in [0.1, 0.15) is 9.93 Å². The van der Waals surface area contributed by atoms with Gasteiger partial charge in [-0.15, -0.1) is 0 Å². The van der Waals surface area contributed by atoms with E-state index in [1.807, 2.05) is 53.4 Å². The molecule has 35 heavy (non-hydrogen) atoms. The molecule has 0 atom stereocenters. The molecule has 0 bridgehead atoms. The molecule has 1 amide bonds. The molecule has 4 nitrogen and oxygen atoms in total. The highest BCUT2D eigenvalue weighted by Crippen LogP contribution is 2.50. The Balaban J connectivity index is 1.43. The van der Waals surface area contributed by atoms with Crippen LogP contribution in [-0.2, 0) is 11.3 Å². The average molecular weight is 494 g/mol. The predicted molar refractivity (Wildman–Crippen MR) is 148 cm³/mol. The Morgan fingerprint density at radius 3 is 2.34 bits per heavy atom. The molecule has 0 saturated carbocycles. The number of hydrogen-bond donors (Lipinski definition) is 0. The molecule has 0 aliphatic carbocycles. The maximum absolute atomic E-state index is 13.8. The number of fused-ring (bicyclic) bond motifs is 2. The van der Waals surface area contributed by atoms with Crippen LogP contribution in [0.25, 0.3) is 10.8 Å². The topological polar surface area (TPSA) is 35.9 Å². The van der Waals surface area contributed by atoms with Crippen LogP contribution in [0.15, 0.2) is 117 Å². The van der Waals surface area contributed by atoms with Crippen molar-refractivity contribution in [2.24, 2.45) is 4.99 Å². The van der Waals surface area contributed by atoms with E-state index >= 15 is 0 Å². The van der Waals surface area contributed by atoms with Gasteiger partial charge >= 0.3 is 0 Å². The van der Waals surface area contributed by atoms with Gasteiger partial charge in [0, 0.05) is 11.4 Å². The van der Waals surface area contributed by atoms with Crippen molar-refractivity contribution in [3.63, 3.8) is 0 Å². The van der Waals surface area contributed by atoms with Crippen molar-refractivity contribution in [3.05, 3.63) is 113 Å². The molecule has 0 aromatic heterocycles. The molecule has 2 heterocycles. The van der Waals surface area contributed by atoms with Gasteiger partial charge in [0.2, 0.25) is 0 Å². The number of benzene rings is 4. The SMILES string of the molecule is CCN1C(=C2SC(=Nc3ccc4ccccc4c3)N(Cc3ccccc3)C2=O)Sc2ccccc21. The zero-order valence-corrected chi connectivity index (χ0v) is 20.9. The van der Waals surface area contributed by atoms with E-state index in [2.05, 4.69) is 60.4 Å². The fourth-order valence-corrected chi connectivity index (χ4v) is 6.79. The number of hydrogen-bond acceptors (Lipinski definition) is 5. The van der Waals surface area contributed by atoms with Crippen molar-refractivity contribution in [2.45, 2.75) is 18.4 Å². The number of thioether (sulfide) groups is 2. The van der Waals surface area contributed by atoms with Crippen molar-refractivity contribution in [1.82, 2.24) is 4.90 Å². The Bertz CT molecular complexity index is 1500. The van der Waals surface area contributed by atoms with E-state index in [9.17, 15) is 4.79 Å². The Labute approximate surface area is 213 Å². The second kappa shape index (κ2) is 9.29. The molecule has 0 N–H and O–H groups in total. The first-order valence-electron chi connectivity index (χ1n) is 11.6. The summed E-state index contributed by atoms with van der Waals surface area (Å²) < 4.78 is 0. The largest absolute Gasteiger partial charge is 0.334 e. The van der Waals surface area contributed by atoms with Crippen LogP contribution in [0.4, 0.5) is 11.4 Å². The zero-order valence-electron chi connectivity index (χ0n) is 19.2. The zero-order chi connectivity index (χ0) is 23.8. The standard InChI is InChI=1S/C29H23N3OS2/c1-2-31-24-14-8-9-15-25(24)34-28(31)26-27(33)32(19-20-10-4-3-5-11-20)29(35-26)30-23-17-16-21-12-6-7-13-22(21)18-23/h3-18H,2,19H2,1H3. The molecule has 6 heteroatoms. The van der Waals surface area contributed by atoms with Crippen molar-refractivity contribution < 1.29 is 4.79 Å². The highest BCUT2D eigenvalue weighted by atomic mass is 32.2. The highest BCUT2D eigenvalue weighted by Gasteiger charge is 2.39. The van der Waals surface area contributed by atoms with Crippen LogP contribution in [0.5, 0.6) is 0 Å². The lowest BCUT2D eigenvalue weighted by atomic mass is 10.1. The first-order valence-corrected chi connectivity index (χ1v) is 13.2. The quantitative estimate of drug-likeness (QED) is 0.277. The van der Waals surface area contributed by atoms with Gasteiger partial charge in [-0.1, -0.05) is 84.6 Å². The molecular weight excluding hydrogens is 470 g/mol. The molecular formula is C29H23N3OS2. The summed E-state index contributed by atoms with van der Waals surface area (Å²) in [5, 5.41) is 4.01. The first kappa shape index (κ1) is 22.0. The highest BCUT2D eigenvalue weighted by molar-refractivity contribution is 8.19. The lowest BCUT2D eigenvalue weighted by Gasteiger charge is -2.19. The summed E-state index contributed by atoms with van der Waals surface area (Å²) in [6.07, 6.45) is 0. The van der Waals surface area contributed by atoms with Crippen LogP contribution >= 0.6 is 23.5 Å². The van der Waals surface area contributed by atoms with Crippen molar-refractivity contribution >= 4 is 56.7 Å². The number of nitrogens with zero attached hydrogens (tertiary/aromatic N) is 3. The van der Waals surface area contributed by atoms with Gasteiger partial charge in [0.25, 0.3) is 5.91 Å². The first-order chi connectivity index (χ1) is 17.2. The van der Waals surface area contributed by atoms with Gasteiger partial charge in [-0.05, 0) is 59.3 Å². The Morgan fingerprint density at radius 1 is 0.771 bits per heavy atom. The summed E-state index contributed by atoms with van der Waals surface area (Å²) in [4.78, 5) is 24.8. The minimum atomic E-state index is 0.00662. The summed E-state index contributed by atoms with van der Waals surface area (Å²) in [6, 6.07) is 32.9. The summed E-state index contributed by atoms with van der Waals surface area (Å²) in [6.45, 7) is 3.41. The van der Waals surface area contributed by atoms with E-state index in [1.165, 1.54) is 22.0 Å². The Morgan fingerprint density at radius 2 is 1.51 bits per heavy atom. The van der Waals surface area contributed by atoms with Crippen LogP contribution < -0.4 is 4.90 Å². The molecule has 2 aliphatic rings. The number of para-hydroxylation sites is 1. The second-order valence-corrected chi connectivity index (χ2v) is 10.4. The van der Waals surface area contributed by atoms with Gasteiger partial charge in [0.05, 0.1) is 17.9 Å². The minimum absolute atomic E-state index is 0.00662. The molecule has 2 aliphatic heterocycles. The van der Waals surface area contributed by atoms with E-state index < -0.39 is 0 Å². The number of rotatable bonds is 4.